The third-order valence-corrected chi connectivity index (χ3v) is 6.29. The molecule has 2 aromatic rings. The van der Waals surface area contributed by atoms with E-state index in [1.165, 1.54) is 29.2 Å². The van der Waals surface area contributed by atoms with E-state index in [2.05, 4.69) is 0 Å². The smallest absolute Gasteiger partial charge is 0.269 e. The lowest BCUT2D eigenvalue weighted by Crippen LogP contribution is -2.50. The van der Waals surface area contributed by atoms with Gasteiger partial charge in [0, 0.05) is 49.9 Å². The number of halogens is 2. The van der Waals surface area contributed by atoms with Gasteiger partial charge < -0.3 is 4.90 Å². The van der Waals surface area contributed by atoms with Crippen LogP contribution in [0.2, 0.25) is 0 Å². The summed E-state index contributed by atoms with van der Waals surface area (Å²) in [5.41, 5.74) is 0.0975. The summed E-state index contributed by atoms with van der Waals surface area (Å²) >= 11 is 0. The van der Waals surface area contributed by atoms with E-state index in [0.717, 1.165) is 16.4 Å². The number of nitro benzene ring substituents is 1. The van der Waals surface area contributed by atoms with Crippen molar-refractivity contribution in [3.8, 4) is 0 Å². The molecule has 0 N–H and O–H groups in total. The first kappa shape index (κ1) is 19.8. The highest BCUT2D eigenvalue weighted by Gasteiger charge is 2.32. The Bertz CT molecular complexity index is 1020. The molecule has 1 amide bonds. The summed E-state index contributed by atoms with van der Waals surface area (Å²) in [5, 5.41) is 10.7. The molecule has 0 radical (unpaired) electrons. The minimum atomic E-state index is -4.16. The van der Waals surface area contributed by atoms with Crippen LogP contribution in [0.15, 0.2) is 47.4 Å². The monoisotopic (exact) mass is 411 g/mol. The molecule has 1 fully saturated rings. The van der Waals surface area contributed by atoms with Crippen molar-refractivity contribution >= 4 is 21.6 Å². The summed E-state index contributed by atoms with van der Waals surface area (Å²) in [7, 11) is -4.16. The fourth-order valence-electron chi connectivity index (χ4n) is 2.86. The molecule has 0 saturated carbocycles. The highest BCUT2D eigenvalue weighted by molar-refractivity contribution is 7.89. The van der Waals surface area contributed by atoms with Crippen molar-refractivity contribution in [1.29, 1.82) is 0 Å². The summed E-state index contributed by atoms with van der Waals surface area (Å²) in [6, 6.07) is 7.32. The number of carbonyl (C=O) groups excluding carboxylic acids is 1. The Labute approximate surface area is 159 Å². The van der Waals surface area contributed by atoms with E-state index in [9.17, 15) is 32.1 Å². The number of non-ortho nitro benzene ring substituents is 1. The maximum Gasteiger partial charge on any atom is 0.269 e. The lowest BCUT2D eigenvalue weighted by atomic mass is 10.1. The van der Waals surface area contributed by atoms with Gasteiger partial charge in [-0.25, -0.2) is 17.2 Å². The van der Waals surface area contributed by atoms with Crippen LogP contribution in [0.5, 0.6) is 0 Å². The number of hydrogen-bond donors (Lipinski definition) is 0. The van der Waals surface area contributed by atoms with Crippen LogP contribution < -0.4 is 0 Å². The molecule has 0 unspecified atom stereocenters. The van der Waals surface area contributed by atoms with Gasteiger partial charge in [0.15, 0.2) is 0 Å². The Morgan fingerprint density at radius 2 is 1.61 bits per heavy atom. The van der Waals surface area contributed by atoms with Crippen molar-refractivity contribution in [3.63, 3.8) is 0 Å². The van der Waals surface area contributed by atoms with Gasteiger partial charge in [-0.05, 0) is 24.3 Å². The minimum absolute atomic E-state index is 0.0577. The van der Waals surface area contributed by atoms with E-state index in [-0.39, 0.29) is 43.3 Å². The van der Waals surface area contributed by atoms with E-state index in [0.29, 0.717) is 6.07 Å². The maximum absolute atomic E-state index is 13.9. The Morgan fingerprint density at radius 1 is 1.00 bits per heavy atom. The molecule has 0 spiro atoms. The van der Waals surface area contributed by atoms with Gasteiger partial charge in [0.1, 0.15) is 16.5 Å². The minimum Gasteiger partial charge on any atom is -0.336 e. The van der Waals surface area contributed by atoms with Gasteiger partial charge in [-0.1, -0.05) is 0 Å². The molecule has 1 aliphatic heterocycles. The Hall–Kier alpha value is -2.92. The van der Waals surface area contributed by atoms with Gasteiger partial charge in [-0.2, -0.15) is 4.31 Å². The van der Waals surface area contributed by atoms with Gasteiger partial charge in [0.2, 0.25) is 10.0 Å². The fourth-order valence-corrected chi connectivity index (χ4v) is 4.33. The van der Waals surface area contributed by atoms with Crippen LogP contribution >= 0.6 is 0 Å². The molecule has 0 bridgehead atoms. The number of hydrogen-bond acceptors (Lipinski definition) is 5. The summed E-state index contributed by atoms with van der Waals surface area (Å²) in [4.78, 5) is 23.4. The van der Waals surface area contributed by atoms with Crippen LogP contribution in [0.25, 0.3) is 0 Å². The lowest BCUT2D eigenvalue weighted by Gasteiger charge is -2.34. The zero-order valence-corrected chi connectivity index (χ0v) is 15.2. The van der Waals surface area contributed by atoms with Crippen LogP contribution in [-0.2, 0) is 10.0 Å². The maximum atomic E-state index is 13.9. The van der Waals surface area contributed by atoms with Gasteiger partial charge in [-0.3, -0.25) is 14.9 Å². The van der Waals surface area contributed by atoms with Crippen LogP contribution in [0.1, 0.15) is 10.4 Å². The second-order valence-corrected chi connectivity index (χ2v) is 7.98. The van der Waals surface area contributed by atoms with Crippen molar-refractivity contribution in [1.82, 2.24) is 9.21 Å². The summed E-state index contributed by atoms with van der Waals surface area (Å²) in [6.45, 7) is 0.0193. The molecule has 3 rings (SSSR count). The second-order valence-electron chi connectivity index (χ2n) is 6.08. The number of nitro groups is 1. The predicted molar refractivity (Wildman–Crippen MR) is 94.1 cm³/mol. The van der Waals surface area contributed by atoms with Crippen molar-refractivity contribution in [2.24, 2.45) is 0 Å². The van der Waals surface area contributed by atoms with Crippen LogP contribution in [0.3, 0.4) is 0 Å². The first-order chi connectivity index (χ1) is 13.2. The third-order valence-electron chi connectivity index (χ3n) is 4.36. The number of piperazine rings is 1. The van der Waals surface area contributed by atoms with Crippen molar-refractivity contribution in [3.05, 3.63) is 69.8 Å². The second kappa shape index (κ2) is 7.60. The first-order valence-corrected chi connectivity index (χ1v) is 9.63. The molecule has 148 valence electrons. The molecular weight excluding hydrogens is 396 g/mol. The average molecular weight is 411 g/mol. The molecule has 0 atom stereocenters. The summed E-state index contributed by atoms with van der Waals surface area (Å²) < 4.78 is 53.0. The SMILES string of the molecule is O=C(c1ccc([N+](=O)[O-])cc1)N1CCN(S(=O)(=O)c2ccc(F)cc2F)CC1. The van der Waals surface area contributed by atoms with Crippen molar-refractivity contribution in [2.75, 3.05) is 26.2 Å². The van der Waals surface area contributed by atoms with Crippen LogP contribution in [0, 0.1) is 21.7 Å². The van der Waals surface area contributed by atoms with Crippen LogP contribution in [-0.4, -0.2) is 54.6 Å². The first-order valence-electron chi connectivity index (χ1n) is 8.19. The number of nitrogens with zero attached hydrogens (tertiary/aromatic N) is 3. The zero-order valence-electron chi connectivity index (χ0n) is 14.4. The van der Waals surface area contributed by atoms with Gasteiger partial charge in [-0.15, -0.1) is 0 Å². The van der Waals surface area contributed by atoms with E-state index in [1.54, 1.807) is 0 Å². The Morgan fingerprint density at radius 3 is 2.14 bits per heavy atom. The zero-order chi connectivity index (χ0) is 20.5. The van der Waals surface area contributed by atoms with Gasteiger partial charge in [0.25, 0.3) is 11.6 Å². The standard InChI is InChI=1S/C17H15F2N3O5S/c18-13-3-6-16(15(19)11-13)28(26,27)21-9-7-20(8-10-21)17(23)12-1-4-14(5-2-12)22(24)25/h1-6,11H,7-10H2. The van der Waals surface area contributed by atoms with Gasteiger partial charge in [0.05, 0.1) is 4.92 Å². The molecule has 28 heavy (non-hydrogen) atoms. The number of sulfonamides is 1. The average Bonchev–Trinajstić information content (AvgIpc) is 2.67. The van der Waals surface area contributed by atoms with E-state index in [4.69, 9.17) is 0 Å². The lowest BCUT2D eigenvalue weighted by molar-refractivity contribution is -0.384. The molecule has 1 heterocycles. The largest absolute Gasteiger partial charge is 0.336 e. The van der Waals surface area contributed by atoms with E-state index in [1.807, 2.05) is 0 Å². The molecule has 1 aliphatic rings. The molecule has 1 saturated heterocycles. The third kappa shape index (κ3) is 3.85. The number of carbonyl (C=O) groups is 1. The fraction of sp³-hybridized carbons (Fsp3) is 0.235. The van der Waals surface area contributed by atoms with Crippen molar-refractivity contribution in [2.45, 2.75) is 4.90 Å². The predicted octanol–water partition coefficient (Wildman–Crippen LogP) is 2.02. The summed E-state index contributed by atoms with van der Waals surface area (Å²) in [5.74, 6) is -2.45. The molecule has 11 heteroatoms. The van der Waals surface area contributed by atoms with Crippen molar-refractivity contribution < 1.29 is 26.9 Å². The number of amides is 1. The summed E-state index contributed by atoms with van der Waals surface area (Å²) in [6.07, 6.45) is 0. The molecular formula is C17H15F2N3O5S. The van der Waals surface area contributed by atoms with E-state index >= 15 is 0 Å². The normalized spacial score (nSPS) is 15.4. The van der Waals surface area contributed by atoms with E-state index < -0.39 is 31.5 Å². The number of benzene rings is 2. The number of rotatable bonds is 4. The van der Waals surface area contributed by atoms with Crippen LogP contribution in [0.4, 0.5) is 14.5 Å². The van der Waals surface area contributed by atoms with Gasteiger partial charge >= 0.3 is 0 Å². The molecule has 0 aliphatic carbocycles. The molecule has 8 nitrogen and oxygen atoms in total. The Balaban J connectivity index is 1.69. The quantitative estimate of drug-likeness (QED) is 0.566. The topological polar surface area (TPSA) is 101 Å². The molecule has 0 aromatic heterocycles. The highest BCUT2D eigenvalue weighted by Crippen LogP contribution is 2.22. The molecule has 2 aromatic carbocycles. The highest BCUT2D eigenvalue weighted by atomic mass is 32.2. The Kier molecular flexibility index (Phi) is 5.38.